The highest BCUT2D eigenvalue weighted by Crippen LogP contribution is 2.30. The summed E-state index contributed by atoms with van der Waals surface area (Å²) in [4.78, 5) is 0. The van der Waals surface area contributed by atoms with Crippen LogP contribution in [0.2, 0.25) is 0 Å². The van der Waals surface area contributed by atoms with Crippen LogP contribution in [0.4, 0.5) is 0 Å². The topological polar surface area (TPSA) is 0 Å². The minimum atomic E-state index is 0.561. The van der Waals surface area contributed by atoms with Crippen LogP contribution in [0.15, 0.2) is 97.1 Å². The van der Waals surface area contributed by atoms with E-state index in [9.17, 15) is 0 Å². The van der Waals surface area contributed by atoms with Gasteiger partial charge in [0.05, 0.1) is 0 Å². The predicted molar refractivity (Wildman–Crippen MR) is 117 cm³/mol. The molecule has 1 unspecified atom stereocenters. The van der Waals surface area contributed by atoms with Crippen LogP contribution in [0.1, 0.15) is 36.8 Å². The molecule has 0 aliphatic rings. The lowest BCUT2D eigenvalue weighted by molar-refractivity contribution is 0.612. The highest BCUT2D eigenvalue weighted by atomic mass is 14.2. The van der Waals surface area contributed by atoms with Crippen LogP contribution in [0.5, 0.6) is 0 Å². The Morgan fingerprint density at radius 3 is 2.07 bits per heavy atom. The summed E-state index contributed by atoms with van der Waals surface area (Å²) in [6, 6.07) is 35.3. The second-order valence-electron chi connectivity index (χ2n) is 7.32. The van der Waals surface area contributed by atoms with Crippen molar-refractivity contribution in [3.63, 3.8) is 0 Å². The zero-order valence-corrected chi connectivity index (χ0v) is 15.9. The van der Waals surface area contributed by atoms with Gasteiger partial charge in [0.25, 0.3) is 0 Å². The van der Waals surface area contributed by atoms with Crippen molar-refractivity contribution in [3.05, 3.63) is 108 Å². The molecule has 4 rings (SSSR count). The lowest BCUT2D eigenvalue weighted by Crippen LogP contribution is -2.03. The number of hydrogen-bond donors (Lipinski definition) is 0. The molecule has 0 bridgehead atoms. The maximum atomic E-state index is 2.33. The van der Waals surface area contributed by atoms with Crippen molar-refractivity contribution in [1.29, 1.82) is 0 Å². The van der Waals surface area contributed by atoms with E-state index in [1.165, 1.54) is 45.9 Å². The molecule has 0 radical (unpaired) electrons. The van der Waals surface area contributed by atoms with E-state index in [-0.39, 0.29) is 0 Å². The van der Waals surface area contributed by atoms with E-state index in [1.54, 1.807) is 0 Å². The molecule has 0 heteroatoms. The van der Waals surface area contributed by atoms with Gasteiger partial charge in [0.15, 0.2) is 0 Å². The molecule has 0 amide bonds. The first-order valence-electron chi connectivity index (χ1n) is 9.97. The van der Waals surface area contributed by atoms with Crippen molar-refractivity contribution < 1.29 is 0 Å². The van der Waals surface area contributed by atoms with E-state index in [0.717, 1.165) is 6.42 Å². The normalized spacial score (nSPS) is 12.2. The molecule has 0 saturated carbocycles. The summed E-state index contributed by atoms with van der Waals surface area (Å²) in [6.45, 7) is 2.29. The van der Waals surface area contributed by atoms with Crippen LogP contribution in [0, 0.1) is 0 Å². The largest absolute Gasteiger partial charge is 0.0654 e. The monoisotopic (exact) mass is 350 g/mol. The molecule has 0 nitrogen and oxygen atoms in total. The highest BCUT2D eigenvalue weighted by molar-refractivity contribution is 5.85. The number of rotatable bonds is 6. The van der Waals surface area contributed by atoms with Gasteiger partial charge >= 0.3 is 0 Å². The minimum Gasteiger partial charge on any atom is -0.0654 e. The van der Waals surface area contributed by atoms with Gasteiger partial charge in [-0.05, 0) is 51.8 Å². The van der Waals surface area contributed by atoms with E-state index in [0.29, 0.717) is 5.92 Å². The fourth-order valence-electron chi connectivity index (χ4n) is 4.05. The molecule has 0 N–H and O–H groups in total. The Hall–Kier alpha value is -2.86. The third kappa shape index (κ3) is 3.95. The molecule has 4 aromatic carbocycles. The van der Waals surface area contributed by atoms with Crippen molar-refractivity contribution in [1.82, 2.24) is 0 Å². The Morgan fingerprint density at radius 2 is 1.30 bits per heavy atom. The van der Waals surface area contributed by atoms with Crippen molar-refractivity contribution in [2.45, 2.75) is 32.1 Å². The Bertz CT molecular complexity index is 992. The Balaban J connectivity index is 1.62. The van der Waals surface area contributed by atoms with E-state index >= 15 is 0 Å². The molecule has 4 aromatic rings. The second-order valence-corrected chi connectivity index (χ2v) is 7.32. The van der Waals surface area contributed by atoms with Crippen LogP contribution in [-0.4, -0.2) is 0 Å². The number of fused-ring (bicyclic) bond motifs is 1. The maximum Gasteiger partial charge on any atom is -0.0121 e. The Labute approximate surface area is 162 Å². The lowest BCUT2D eigenvalue weighted by atomic mass is 9.86. The second kappa shape index (κ2) is 8.22. The van der Waals surface area contributed by atoms with Gasteiger partial charge in [-0.25, -0.2) is 0 Å². The van der Waals surface area contributed by atoms with E-state index in [1.807, 2.05) is 0 Å². The summed E-state index contributed by atoms with van der Waals surface area (Å²) in [5, 5.41) is 2.73. The predicted octanol–water partition coefficient (Wildman–Crippen LogP) is 7.63. The van der Waals surface area contributed by atoms with Crippen molar-refractivity contribution >= 4 is 10.8 Å². The zero-order valence-electron chi connectivity index (χ0n) is 15.9. The molecule has 0 spiro atoms. The van der Waals surface area contributed by atoms with Gasteiger partial charge in [0.2, 0.25) is 0 Å². The summed E-state index contributed by atoms with van der Waals surface area (Å²) in [6.07, 6.45) is 3.52. The van der Waals surface area contributed by atoms with Crippen molar-refractivity contribution in [2.75, 3.05) is 0 Å². The molecule has 0 saturated heterocycles. The maximum absolute atomic E-state index is 2.33. The molecular formula is C27H26. The highest BCUT2D eigenvalue weighted by Gasteiger charge is 2.13. The Kier molecular flexibility index (Phi) is 5.34. The summed E-state index contributed by atoms with van der Waals surface area (Å²) in [5.41, 5.74) is 5.48. The fourth-order valence-corrected chi connectivity index (χ4v) is 4.05. The molecule has 0 aromatic heterocycles. The molecule has 27 heavy (non-hydrogen) atoms. The SMILES string of the molecule is CCCC(Cc1cccc2ccccc12)c1ccc(-c2ccccc2)cc1. The number of hydrogen-bond acceptors (Lipinski definition) is 0. The number of benzene rings is 4. The standard InChI is InChI=1S/C27H26/c1-2-9-25(20-26-14-8-13-24-12-6-7-15-27(24)26)23-18-16-22(17-19-23)21-10-4-3-5-11-21/h3-8,10-19,25H,2,9,20H2,1H3. The first-order chi connectivity index (χ1) is 13.3. The fraction of sp³-hybridized carbons (Fsp3) is 0.185. The zero-order chi connectivity index (χ0) is 18.5. The van der Waals surface area contributed by atoms with Crippen LogP contribution in [0.3, 0.4) is 0 Å². The van der Waals surface area contributed by atoms with Gasteiger partial charge in [0.1, 0.15) is 0 Å². The van der Waals surface area contributed by atoms with Gasteiger partial charge in [-0.2, -0.15) is 0 Å². The lowest BCUT2D eigenvalue weighted by Gasteiger charge is -2.19. The van der Waals surface area contributed by atoms with E-state index in [2.05, 4.69) is 104 Å². The summed E-state index contributed by atoms with van der Waals surface area (Å²) in [5.74, 6) is 0.561. The Morgan fingerprint density at radius 1 is 0.630 bits per heavy atom. The summed E-state index contributed by atoms with van der Waals surface area (Å²) in [7, 11) is 0. The minimum absolute atomic E-state index is 0.561. The smallest absolute Gasteiger partial charge is 0.0121 e. The third-order valence-electron chi connectivity index (χ3n) is 5.47. The van der Waals surface area contributed by atoms with Crippen molar-refractivity contribution in [3.8, 4) is 11.1 Å². The first kappa shape index (κ1) is 17.5. The molecule has 0 heterocycles. The van der Waals surface area contributed by atoms with Crippen LogP contribution in [0.25, 0.3) is 21.9 Å². The average molecular weight is 351 g/mol. The third-order valence-corrected chi connectivity index (χ3v) is 5.47. The van der Waals surface area contributed by atoms with Crippen LogP contribution >= 0.6 is 0 Å². The van der Waals surface area contributed by atoms with Gasteiger partial charge in [0, 0.05) is 0 Å². The van der Waals surface area contributed by atoms with Crippen LogP contribution < -0.4 is 0 Å². The first-order valence-corrected chi connectivity index (χ1v) is 9.97. The van der Waals surface area contributed by atoms with Crippen LogP contribution in [-0.2, 0) is 6.42 Å². The summed E-state index contributed by atoms with van der Waals surface area (Å²) < 4.78 is 0. The summed E-state index contributed by atoms with van der Waals surface area (Å²) >= 11 is 0. The van der Waals surface area contributed by atoms with Gasteiger partial charge in [-0.1, -0.05) is 110 Å². The van der Waals surface area contributed by atoms with Gasteiger partial charge in [-0.15, -0.1) is 0 Å². The van der Waals surface area contributed by atoms with Crippen molar-refractivity contribution in [2.24, 2.45) is 0 Å². The van der Waals surface area contributed by atoms with E-state index < -0.39 is 0 Å². The molecule has 0 fully saturated rings. The molecule has 0 aliphatic carbocycles. The molecule has 134 valence electrons. The van der Waals surface area contributed by atoms with Gasteiger partial charge < -0.3 is 0 Å². The molecular weight excluding hydrogens is 324 g/mol. The molecule has 1 atom stereocenters. The van der Waals surface area contributed by atoms with Gasteiger partial charge in [-0.3, -0.25) is 0 Å². The van der Waals surface area contributed by atoms with E-state index in [4.69, 9.17) is 0 Å². The quantitative estimate of drug-likeness (QED) is 0.335. The molecule has 0 aliphatic heterocycles. The average Bonchev–Trinajstić information content (AvgIpc) is 2.74.